The van der Waals surface area contributed by atoms with E-state index in [-0.39, 0.29) is 23.4 Å². The van der Waals surface area contributed by atoms with Crippen molar-refractivity contribution in [2.45, 2.75) is 38.1 Å². The summed E-state index contributed by atoms with van der Waals surface area (Å²) in [6.45, 7) is 6.23. The number of amides is 1. The molecule has 0 aliphatic heterocycles. The smallest absolute Gasteiger partial charge is 0.264 e. The van der Waals surface area contributed by atoms with Gasteiger partial charge in [0.1, 0.15) is 12.3 Å². The number of hydrogen-bond donors (Lipinski definition) is 1. The third kappa shape index (κ3) is 6.60. The second kappa shape index (κ2) is 11.7. The molecule has 3 aromatic carbocycles. The normalized spacial score (nSPS) is 12.2. The average molecular weight is 481 g/mol. The van der Waals surface area contributed by atoms with Crippen molar-refractivity contribution >= 4 is 21.6 Å². The number of ether oxygens (including phenoxy) is 1. The molecule has 0 radical (unpaired) electrons. The number of anilines is 1. The molecule has 0 fully saturated rings. The summed E-state index contributed by atoms with van der Waals surface area (Å²) in [5.41, 5.74) is 1.38. The highest BCUT2D eigenvalue weighted by Gasteiger charge is 2.28. The minimum Gasteiger partial charge on any atom is -0.494 e. The number of nitrogens with one attached hydrogen (secondary N) is 1. The van der Waals surface area contributed by atoms with Crippen molar-refractivity contribution in [1.29, 1.82) is 0 Å². The summed E-state index contributed by atoms with van der Waals surface area (Å²) in [4.78, 5) is 13.3. The molecule has 0 heterocycles. The van der Waals surface area contributed by atoms with Crippen LogP contribution in [-0.2, 0) is 14.8 Å². The van der Waals surface area contributed by atoms with E-state index in [2.05, 4.69) is 19.2 Å². The fourth-order valence-corrected chi connectivity index (χ4v) is 5.16. The number of benzene rings is 3. The fraction of sp³-hybridized carbons (Fsp3) is 0.296. The first kappa shape index (κ1) is 25.3. The molecule has 1 N–H and O–H groups in total. The Morgan fingerprint density at radius 1 is 0.912 bits per heavy atom. The molecule has 1 atom stereocenters. The summed E-state index contributed by atoms with van der Waals surface area (Å²) in [5.74, 6) is 0.609. The van der Waals surface area contributed by atoms with Crippen LogP contribution < -0.4 is 14.4 Å². The molecule has 0 spiro atoms. The van der Waals surface area contributed by atoms with Gasteiger partial charge in [0, 0.05) is 0 Å². The number of sulfonamides is 1. The molecule has 0 saturated heterocycles. The maximum atomic E-state index is 13.5. The lowest BCUT2D eigenvalue weighted by molar-refractivity contribution is -0.120. The third-order valence-corrected chi connectivity index (χ3v) is 7.09. The summed E-state index contributed by atoms with van der Waals surface area (Å²) < 4.78 is 33.7. The molecule has 3 rings (SSSR count). The fourth-order valence-electron chi connectivity index (χ4n) is 3.72. The predicted octanol–water partition coefficient (Wildman–Crippen LogP) is 5.18. The molecule has 34 heavy (non-hydrogen) atoms. The van der Waals surface area contributed by atoms with E-state index in [1.54, 1.807) is 42.5 Å². The Balaban J connectivity index is 1.90. The second-order valence-electron chi connectivity index (χ2n) is 8.41. The van der Waals surface area contributed by atoms with Crippen molar-refractivity contribution < 1.29 is 17.9 Å². The largest absolute Gasteiger partial charge is 0.494 e. The van der Waals surface area contributed by atoms with Gasteiger partial charge in [-0.2, -0.15) is 0 Å². The van der Waals surface area contributed by atoms with Gasteiger partial charge < -0.3 is 10.1 Å². The molecule has 1 amide bonds. The average Bonchev–Trinajstić information content (AvgIpc) is 2.84. The first-order valence-corrected chi connectivity index (χ1v) is 12.9. The zero-order valence-electron chi connectivity index (χ0n) is 19.8. The lowest BCUT2D eigenvalue weighted by Gasteiger charge is -2.26. The van der Waals surface area contributed by atoms with Crippen LogP contribution in [0.3, 0.4) is 0 Å². The van der Waals surface area contributed by atoms with Crippen LogP contribution in [0.25, 0.3) is 0 Å². The lowest BCUT2D eigenvalue weighted by atomic mass is 9.97. The highest BCUT2D eigenvalue weighted by Crippen LogP contribution is 2.26. The first-order chi connectivity index (χ1) is 16.3. The minimum atomic E-state index is -3.97. The molecular formula is C27H32N2O4S. The van der Waals surface area contributed by atoms with E-state index >= 15 is 0 Å². The number of hydrogen-bond acceptors (Lipinski definition) is 4. The highest BCUT2D eigenvalue weighted by molar-refractivity contribution is 7.92. The van der Waals surface area contributed by atoms with E-state index in [0.717, 1.165) is 16.3 Å². The molecule has 0 aromatic heterocycles. The van der Waals surface area contributed by atoms with E-state index in [0.29, 0.717) is 24.0 Å². The van der Waals surface area contributed by atoms with Crippen LogP contribution in [0.15, 0.2) is 89.8 Å². The standard InChI is InChI=1S/C27H32N2O4S/c1-4-33-24-17-15-23(16-18-24)29(34(31,32)25-13-9-6-10-14-25)20-27(30)28-26(19-21(2)3)22-11-7-5-8-12-22/h5-18,21,26H,4,19-20H2,1-3H3,(H,28,30)/t26-/m1/s1. The van der Waals surface area contributed by atoms with Gasteiger partial charge >= 0.3 is 0 Å². The summed E-state index contributed by atoms with van der Waals surface area (Å²) in [6, 6.07) is 24.4. The van der Waals surface area contributed by atoms with Crippen LogP contribution in [-0.4, -0.2) is 27.5 Å². The van der Waals surface area contributed by atoms with Gasteiger partial charge in [0.15, 0.2) is 0 Å². The Kier molecular flexibility index (Phi) is 8.71. The van der Waals surface area contributed by atoms with E-state index in [1.807, 2.05) is 37.3 Å². The molecule has 0 unspecified atom stereocenters. The van der Waals surface area contributed by atoms with Crippen LogP contribution in [0.1, 0.15) is 38.8 Å². The second-order valence-corrected chi connectivity index (χ2v) is 10.3. The lowest BCUT2D eigenvalue weighted by Crippen LogP contribution is -2.42. The van der Waals surface area contributed by atoms with Gasteiger partial charge in [0.05, 0.1) is 23.2 Å². The number of carbonyl (C=O) groups is 1. The molecular weight excluding hydrogens is 448 g/mol. The van der Waals surface area contributed by atoms with Crippen LogP contribution >= 0.6 is 0 Å². The molecule has 6 nitrogen and oxygen atoms in total. The van der Waals surface area contributed by atoms with E-state index in [9.17, 15) is 13.2 Å². The van der Waals surface area contributed by atoms with Crippen molar-refractivity contribution in [1.82, 2.24) is 5.32 Å². The Labute approximate surface area is 202 Å². The van der Waals surface area contributed by atoms with Crippen LogP contribution in [0.4, 0.5) is 5.69 Å². The van der Waals surface area contributed by atoms with Crippen LogP contribution in [0, 0.1) is 5.92 Å². The topological polar surface area (TPSA) is 75.7 Å². The Morgan fingerprint density at radius 3 is 2.06 bits per heavy atom. The minimum absolute atomic E-state index is 0.124. The molecule has 0 aliphatic rings. The Bertz CT molecular complexity index is 1150. The molecule has 0 bridgehead atoms. The van der Waals surface area contributed by atoms with Gasteiger partial charge in [0.25, 0.3) is 10.0 Å². The van der Waals surface area contributed by atoms with Gasteiger partial charge in [-0.05, 0) is 61.2 Å². The zero-order valence-corrected chi connectivity index (χ0v) is 20.7. The highest BCUT2D eigenvalue weighted by atomic mass is 32.2. The van der Waals surface area contributed by atoms with Gasteiger partial charge in [-0.1, -0.05) is 62.4 Å². The number of nitrogens with zero attached hydrogens (tertiary/aromatic N) is 1. The van der Waals surface area contributed by atoms with Gasteiger partial charge in [0.2, 0.25) is 5.91 Å². The van der Waals surface area contributed by atoms with Crippen LogP contribution in [0.5, 0.6) is 5.75 Å². The van der Waals surface area contributed by atoms with E-state index in [1.165, 1.54) is 12.1 Å². The molecule has 0 saturated carbocycles. The molecule has 180 valence electrons. The maximum Gasteiger partial charge on any atom is 0.264 e. The summed E-state index contributed by atoms with van der Waals surface area (Å²) in [5, 5.41) is 3.05. The van der Waals surface area contributed by atoms with Crippen molar-refractivity contribution in [2.75, 3.05) is 17.5 Å². The monoisotopic (exact) mass is 480 g/mol. The van der Waals surface area contributed by atoms with Crippen molar-refractivity contribution in [2.24, 2.45) is 5.92 Å². The first-order valence-electron chi connectivity index (χ1n) is 11.5. The van der Waals surface area contributed by atoms with Crippen molar-refractivity contribution in [3.8, 4) is 5.75 Å². The van der Waals surface area contributed by atoms with Crippen molar-refractivity contribution in [3.05, 3.63) is 90.5 Å². The molecule has 3 aromatic rings. The zero-order chi connectivity index (χ0) is 24.6. The SMILES string of the molecule is CCOc1ccc(N(CC(=O)N[C@H](CC(C)C)c2ccccc2)S(=O)(=O)c2ccccc2)cc1. The van der Waals surface area contributed by atoms with E-state index in [4.69, 9.17) is 4.74 Å². The van der Waals surface area contributed by atoms with Crippen LogP contribution in [0.2, 0.25) is 0 Å². The summed E-state index contributed by atoms with van der Waals surface area (Å²) in [6.07, 6.45) is 0.740. The number of rotatable bonds is 11. The van der Waals surface area contributed by atoms with Gasteiger partial charge in [-0.15, -0.1) is 0 Å². The summed E-state index contributed by atoms with van der Waals surface area (Å²) >= 11 is 0. The number of carbonyl (C=O) groups excluding carboxylic acids is 1. The summed E-state index contributed by atoms with van der Waals surface area (Å²) in [7, 11) is -3.97. The molecule has 0 aliphatic carbocycles. The van der Waals surface area contributed by atoms with Crippen molar-refractivity contribution in [3.63, 3.8) is 0 Å². The van der Waals surface area contributed by atoms with Gasteiger partial charge in [-0.25, -0.2) is 8.42 Å². The van der Waals surface area contributed by atoms with Gasteiger partial charge in [-0.3, -0.25) is 9.10 Å². The Hall–Kier alpha value is -3.32. The maximum absolute atomic E-state index is 13.5. The quantitative estimate of drug-likeness (QED) is 0.410. The Morgan fingerprint density at radius 2 is 1.50 bits per heavy atom. The predicted molar refractivity (Wildman–Crippen MR) is 135 cm³/mol. The van der Waals surface area contributed by atoms with E-state index < -0.39 is 10.0 Å². The third-order valence-electron chi connectivity index (χ3n) is 5.30. The molecule has 7 heteroatoms.